The summed E-state index contributed by atoms with van der Waals surface area (Å²) >= 11 is 3.48. The van der Waals surface area contributed by atoms with Gasteiger partial charge in [-0.2, -0.15) is 0 Å². The van der Waals surface area contributed by atoms with Crippen LogP contribution in [0, 0.1) is 6.92 Å². The Morgan fingerprint density at radius 1 is 1.36 bits per heavy atom. The van der Waals surface area contributed by atoms with Crippen molar-refractivity contribution < 1.29 is 4.74 Å². The summed E-state index contributed by atoms with van der Waals surface area (Å²) in [5, 5.41) is 8.71. The van der Waals surface area contributed by atoms with E-state index < -0.39 is 0 Å². The van der Waals surface area contributed by atoms with Gasteiger partial charge in [0.25, 0.3) is 0 Å². The lowest BCUT2D eigenvalue weighted by molar-refractivity contribution is 0.336. The standard InChI is InChI=1S/C18H26N4OS2/c1-4-23-16-12-14(2)6-7-15(16)13-22-17(19-3)20-8-5-10-24-18-21-9-11-25-18/h6-7,9,11-12H,4-5,8,10,13H2,1-3H3,(H2,19,20,22). The molecule has 0 aliphatic heterocycles. The summed E-state index contributed by atoms with van der Waals surface area (Å²) in [6.45, 7) is 6.31. The van der Waals surface area contributed by atoms with Crippen LogP contribution in [0.4, 0.5) is 0 Å². The molecule has 0 amide bonds. The second-order valence-electron chi connectivity index (χ2n) is 5.40. The van der Waals surface area contributed by atoms with Crippen LogP contribution >= 0.6 is 23.1 Å². The van der Waals surface area contributed by atoms with Crippen molar-refractivity contribution in [1.82, 2.24) is 15.6 Å². The number of benzene rings is 1. The fourth-order valence-electron chi connectivity index (χ4n) is 2.22. The fourth-order valence-corrected chi connectivity index (χ4v) is 3.86. The summed E-state index contributed by atoms with van der Waals surface area (Å²) < 4.78 is 6.85. The smallest absolute Gasteiger partial charge is 0.191 e. The first-order valence-electron chi connectivity index (χ1n) is 8.42. The van der Waals surface area contributed by atoms with Crippen molar-refractivity contribution in [3.8, 4) is 5.75 Å². The van der Waals surface area contributed by atoms with Gasteiger partial charge < -0.3 is 15.4 Å². The minimum absolute atomic E-state index is 0.667. The van der Waals surface area contributed by atoms with Crippen LogP contribution in [0.15, 0.2) is 39.1 Å². The first-order valence-corrected chi connectivity index (χ1v) is 10.3. The van der Waals surface area contributed by atoms with E-state index in [1.165, 1.54) is 5.56 Å². The molecule has 136 valence electrons. The number of hydrogen-bond acceptors (Lipinski definition) is 5. The Kier molecular flexibility index (Phi) is 8.62. The lowest BCUT2D eigenvalue weighted by Gasteiger charge is -2.15. The highest BCUT2D eigenvalue weighted by molar-refractivity contribution is 8.00. The molecule has 25 heavy (non-hydrogen) atoms. The quantitative estimate of drug-likeness (QED) is 0.302. The summed E-state index contributed by atoms with van der Waals surface area (Å²) in [6, 6.07) is 6.28. The van der Waals surface area contributed by atoms with E-state index >= 15 is 0 Å². The minimum Gasteiger partial charge on any atom is -0.494 e. The van der Waals surface area contributed by atoms with Crippen LogP contribution in [0.3, 0.4) is 0 Å². The number of aromatic nitrogens is 1. The second kappa shape index (κ2) is 11.0. The Morgan fingerprint density at radius 3 is 2.96 bits per heavy atom. The van der Waals surface area contributed by atoms with Gasteiger partial charge in [0.15, 0.2) is 5.96 Å². The van der Waals surface area contributed by atoms with E-state index in [1.807, 2.05) is 18.5 Å². The topological polar surface area (TPSA) is 58.5 Å². The molecule has 0 radical (unpaired) electrons. The molecule has 7 heteroatoms. The third-order valence-electron chi connectivity index (χ3n) is 3.44. The van der Waals surface area contributed by atoms with Gasteiger partial charge in [-0.15, -0.1) is 11.3 Å². The van der Waals surface area contributed by atoms with E-state index in [2.05, 4.69) is 45.7 Å². The number of nitrogens with zero attached hydrogens (tertiary/aromatic N) is 2. The molecule has 2 rings (SSSR count). The van der Waals surface area contributed by atoms with Crippen molar-refractivity contribution in [2.24, 2.45) is 4.99 Å². The van der Waals surface area contributed by atoms with Gasteiger partial charge in [0.05, 0.1) is 6.61 Å². The molecule has 0 fully saturated rings. The molecular weight excluding hydrogens is 352 g/mol. The van der Waals surface area contributed by atoms with Crippen LogP contribution in [0.2, 0.25) is 0 Å². The van der Waals surface area contributed by atoms with E-state index in [-0.39, 0.29) is 0 Å². The Morgan fingerprint density at radius 2 is 2.24 bits per heavy atom. The van der Waals surface area contributed by atoms with Gasteiger partial charge >= 0.3 is 0 Å². The van der Waals surface area contributed by atoms with E-state index in [9.17, 15) is 0 Å². The second-order valence-corrected chi connectivity index (χ2v) is 7.63. The predicted molar refractivity (Wildman–Crippen MR) is 108 cm³/mol. The Bertz CT molecular complexity index is 659. The SMILES string of the molecule is CCOc1cc(C)ccc1CNC(=NC)NCCCSc1nccs1. The molecular formula is C18H26N4OS2. The Hall–Kier alpha value is -1.73. The summed E-state index contributed by atoms with van der Waals surface area (Å²) in [7, 11) is 1.79. The zero-order valence-electron chi connectivity index (χ0n) is 15.0. The average molecular weight is 379 g/mol. The highest BCUT2D eigenvalue weighted by Crippen LogP contribution is 2.21. The van der Waals surface area contributed by atoms with Crippen LogP contribution < -0.4 is 15.4 Å². The third-order valence-corrected chi connectivity index (χ3v) is 5.49. The van der Waals surface area contributed by atoms with Crippen LogP contribution in [0.1, 0.15) is 24.5 Å². The van der Waals surface area contributed by atoms with Crippen LogP contribution in [0.5, 0.6) is 5.75 Å². The van der Waals surface area contributed by atoms with Gasteiger partial charge in [0.2, 0.25) is 0 Å². The molecule has 5 nitrogen and oxygen atoms in total. The predicted octanol–water partition coefficient (Wildman–Crippen LogP) is 3.70. The van der Waals surface area contributed by atoms with Gasteiger partial charge in [-0.05, 0) is 31.9 Å². The van der Waals surface area contributed by atoms with E-state index in [4.69, 9.17) is 4.74 Å². The highest BCUT2D eigenvalue weighted by Gasteiger charge is 2.05. The highest BCUT2D eigenvalue weighted by atomic mass is 32.2. The zero-order valence-corrected chi connectivity index (χ0v) is 16.7. The lowest BCUT2D eigenvalue weighted by atomic mass is 10.1. The fraction of sp³-hybridized carbons (Fsp3) is 0.444. The first kappa shape index (κ1) is 19.6. The van der Waals surface area contributed by atoms with Crippen molar-refractivity contribution in [2.45, 2.75) is 31.2 Å². The van der Waals surface area contributed by atoms with Crippen LogP contribution in [-0.2, 0) is 6.54 Å². The average Bonchev–Trinajstić information content (AvgIpc) is 3.12. The molecule has 1 heterocycles. The summed E-state index contributed by atoms with van der Waals surface area (Å²) in [5.41, 5.74) is 2.34. The molecule has 0 aliphatic carbocycles. The van der Waals surface area contributed by atoms with Crippen molar-refractivity contribution in [3.05, 3.63) is 40.9 Å². The minimum atomic E-state index is 0.667. The van der Waals surface area contributed by atoms with Gasteiger partial charge in [0, 0.05) is 43.0 Å². The maximum absolute atomic E-state index is 5.72. The molecule has 1 aromatic heterocycles. The number of thiazole rings is 1. The molecule has 0 unspecified atom stereocenters. The van der Waals surface area contributed by atoms with Crippen molar-refractivity contribution in [1.29, 1.82) is 0 Å². The molecule has 0 saturated heterocycles. The summed E-state index contributed by atoms with van der Waals surface area (Å²) in [6.07, 6.45) is 2.90. The molecule has 0 aliphatic rings. The van der Waals surface area contributed by atoms with Gasteiger partial charge in [0.1, 0.15) is 10.1 Å². The summed E-state index contributed by atoms with van der Waals surface area (Å²) in [4.78, 5) is 8.55. The van der Waals surface area contributed by atoms with E-state index in [0.717, 1.165) is 40.3 Å². The van der Waals surface area contributed by atoms with Gasteiger partial charge in [-0.25, -0.2) is 4.98 Å². The van der Waals surface area contributed by atoms with E-state index in [0.29, 0.717) is 13.2 Å². The van der Waals surface area contributed by atoms with Gasteiger partial charge in [-0.3, -0.25) is 4.99 Å². The molecule has 0 bridgehead atoms. The number of rotatable bonds is 9. The zero-order chi connectivity index (χ0) is 17.9. The van der Waals surface area contributed by atoms with Crippen molar-refractivity contribution in [3.63, 3.8) is 0 Å². The van der Waals surface area contributed by atoms with E-state index in [1.54, 1.807) is 30.1 Å². The van der Waals surface area contributed by atoms with Gasteiger partial charge in [-0.1, -0.05) is 23.9 Å². The van der Waals surface area contributed by atoms with Crippen molar-refractivity contribution >= 4 is 29.1 Å². The normalized spacial score (nSPS) is 11.4. The lowest BCUT2D eigenvalue weighted by Crippen LogP contribution is -2.37. The Balaban J connectivity index is 1.73. The molecule has 2 N–H and O–H groups in total. The maximum atomic E-state index is 5.72. The number of guanidine groups is 1. The van der Waals surface area contributed by atoms with Crippen LogP contribution in [0.25, 0.3) is 0 Å². The molecule has 0 spiro atoms. The Labute approximate surface area is 158 Å². The first-order chi connectivity index (χ1) is 12.2. The van der Waals surface area contributed by atoms with Crippen LogP contribution in [-0.4, -0.2) is 36.9 Å². The number of aryl methyl sites for hydroxylation is 1. The number of aliphatic imine (C=N–C) groups is 1. The largest absolute Gasteiger partial charge is 0.494 e. The third kappa shape index (κ3) is 6.96. The maximum Gasteiger partial charge on any atom is 0.191 e. The number of nitrogens with one attached hydrogen (secondary N) is 2. The molecule has 0 saturated carbocycles. The van der Waals surface area contributed by atoms with Crippen molar-refractivity contribution in [2.75, 3.05) is 26.0 Å². The molecule has 0 atom stereocenters. The monoisotopic (exact) mass is 378 g/mol. The number of hydrogen-bond donors (Lipinski definition) is 2. The molecule has 1 aromatic carbocycles. The number of thioether (sulfide) groups is 1. The molecule has 2 aromatic rings. The summed E-state index contributed by atoms with van der Waals surface area (Å²) in [5.74, 6) is 2.79. The number of ether oxygens (including phenoxy) is 1.